The van der Waals surface area contributed by atoms with Crippen molar-refractivity contribution in [3.05, 3.63) is 28.2 Å². The third-order valence-corrected chi connectivity index (χ3v) is 3.11. The van der Waals surface area contributed by atoms with Crippen LogP contribution >= 0.6 is 15.9 Å². The SMILES string of the molecule is CCCC(C)NCc1ccc(Br)cc1OC. The number of methoxy groups -OCH3 is 1. The number of hydrogen-bond donors (Lipinski definition) is 1. The van der Waals surface area contributed by atoms with Gasteiger partial charge in [0.25, 0.3) is 0 Å². The Kier molecular flexibility index (Phi) is 5.85. The van der Waals surface area contributed by atoms with E-state index in [2.05, 4.69) is 41.2 Å². The molecule has 0 aliphatic carbocycles. The van der Waals surface area contributed by atoms with Crippen molar-refractivity contribution in [2.24, 2.45) is 0 Å². The van der Waals surface area contributed by atoms with Crippen LogP contribution in [0.15, 0.2) is 22.7 Å². The zero-order chi connectivity index (χ0) is 12.0. The van der Waals surface area contributed by atoms with E-state index in [1.807, 2.05) is 12.1 Å². The van der Waals surface area contributed by atoms with Gasteiger partial charge in [-0.25, -0.2) is 0 Å². The van der Waals surface area contributed by atoms with E-state index in [1.54, 1.807) is 7.11 Å². The lowest BCUT2D eigenvalue weighted by atomic mass is 10.1. The summed E-state index contributed by atoms with van der Waals surface area (Å²) in [7, 11) is 1.71. The Morgan fingerprint density at radius 1 is 1.44 bits per heavy atom. The second-order valence-corrected chi connectivity index (χ2v) is 4.94. The third-order valence-electron chi connectivity index (χ3n) is 2.61. The highest BCUT2D eigenvalue weighted by atomic mass is 79.9. The summed E-state index contributed by atoms with van der Waals surface area (Å²) in [6, 6.07) is 6.69. The van der Waals surface area contributed by atoms with Crippen LogP contribution in [0.4, 0.5) is 0 Å². The molecule has 1 aromatic rings. The van der Waals surface area contributed by atoms with Crippen LogP contribution in [-0.2, 0) is 6.54 Å². The monoisotopic (exact) mass is 285 g/mol. The summed E-state index contributed by atoms with van der Waals surface area (Å²) >= 11 is 3.44. The number of halogens is 1. The van der Waals surface area contributed by atoms with Crippen LogP contribution in [0, 0.1) is 0 Å². The summed E-state index contributed by atoms with van der Waals surface area (Å²) in [5, 5.41) is 3.50. The fraction of sp³-hybridized carbons (Fsp3) is 0.538. The van der Waals surface area contributed by atoms with Crippen molar-refractivity contribution in [2.75, 3.05) is 7.11 Å². The molecule has 2 nitrogen and oxygen atoms in total. The molecule has 90 valence electrons. The van der Waals surface area contributed by atoms with Crippen molar-refractivity contribution in [3.8, 4) is 5.75 Å². The van der Waals surface area contributed by atoms with Crippen LogP contribution in [0.5, 0.6) is 5.75 Å². The Labute approximate surface area is 107 Å². The van der Waals surface area contributed by atoms with E-state index >= 15 is 0 Å². The molecule has 0 aliphatic heterocycles. The highest BCUT2D eigenvalue weighted by Gasteiger charge is 2.05. The fourth-order valence-electron chi connectivity index (χ4n) is 1.68. The molecule has 0 aromatic heterocycles. The second-order valence-electron chi connectivity index (χ2n) is 4.03. The van der Waals surface area contributed by atoms with Crippen molar-refractivity contribution in [1.29, 1.82) is 0 Å². The van der Waals surface area contributed by atoms with Gasteiger partial charge in [0.2, 0.25) is 0 Å². The van der Waals surface area contributed by atoms with Crippen molar-refractivity contribution in [1.82, 2.24) is 5.32 Å². The van der Waals surface area contributed by atoms with E-state index in [1.165, 1.54) is 18.4 Å². The maximum Gasteiger partial charge on any atom is 0.124 e. The minimum atomic E-state index is 0.554. The first-order chi connectivity index (χ1) is 7.67. The average molecular weight is 286 g/mol. The van der Waals surface area contributed by atoms with E-state index in [0.717, 1.165) is 16.8 Å². The van der Waals surface area contributed by atoms with Gasteiger partial charge in [0.15, 0.2) is 0 Å². The quantitative estimate of drug-likeness (QED) is 0.860. The summed E-state index contributed by atoms with van der Waals surface area (Å²) in [6.07, 6.45) is 2.42. The number of ether oxygens (including phenoxy) is 1. The maximum atomic E-state index is 5.35. The first kappa shape index (κ1) is 13.5. The van der Waals surface area contributed by atoms with Crippen LogP contribution in [0.1, 0.15) is 32.3 Å². The maximum absolute atomic E-state index is 5.35. The predicted octanol–water partition coefficient (Wildman–Crippen LogP) is 3.74. The molecule has 1 atom stereocenters. The lowest BCUT2D eigenvalue weighted by Gasteiger charge is -2.14. The molecular formula is C13H20BrNO. The Bertz CT molecular complexity index is 328. The van der Waals surface area contributed by atoms with Crippen LogP contribution in [-0.4, -0.2) is 13.2 Å². The molecule has 16 heavy (non-hydrogen) atoms. The normalized spacial score (nSPS) is 12.5. The third kappa shape index (κ3) is 4.14. The highest BCUT2D eigenvalue weighted by molar-refractivity contribution is 9.10. The smallest absolute Gasteiger partial charge is 0.124 e. The molecule has 3 heteroatoms. The van der Waals surface area contributed by atoms with E-state index in [-0.39, 0.29) is 0 Å². The molecule has 1 unspecified atom stereocenters. The van der Waals surface area contributed by atoms with Gasteiger partial charge in [-0.2, -0.15) is 0 Å². The van der Waals surface area contributed by atoms with Gasteiger partial charge in [-0.3, -0.25) is 0 Å². The molecule has 0 amide bonds. The van der Waals surface area contributed by atoms with Gasteiger partial charge in [0.05, 0.1) is 7.11 Å². The molecule has 0 heterocycles. The lowest BCUT2D eigenvalue weighted by molar-refractivity contribution is 0.404. The van der Waals surface area contributed by atoms with Gasteiger partial charge in [-0.05, 0) is 25.5 Å². The average Bonchev–Trinajstić information content (AvgIpc) is 2.27. The molecule has 1 N–H and O–H groups in total. The standard InChI is InChI=1S/C13H20BrNO/c1-4-5-10(2)15-9-11-6-7-12(14)8-13(11)16-3/h6-8,10,15H,4-5,9H2,1-3H3. The first-order valence-corrected chi connectivity index (χ1v) is 6.52. The van der Waals surface area contributed by atoms with Gasteiger partial charge in [0.1, 0.15) is 5.75 Å². The molecular weight excluding hydrogens is 266 g/mol. The first-order valence-electron chi connectivity index (χ1n) is 5.73. The number of hydrogen-bond acceptors (Lipinski definition) is 2. The van der Waals surface area contributed by atoms with Gasteiger partial charge < -0.3 is 10.1 Å². The van der Waals surface area contributed by atoms with Crippen LogP contribution in [0.25, 0.3) is 0 Å². The lowest BCUT2D eigenvalue weighted by Crippen LogP contribution is -2.25. The number of benzene rings is 1. The van der Waals surface area contributed by atoms with E-state index in [0.29, 0.717) is 6.04 Å². The Morgan fingerprint density at radius 2 is 2.19 bits per heavy atom. The van der Waals surface area contributed by atoms with Crippen molar-refractivity contribution < 1.29 is 4.74 Å². The van der Waals surface area contributed by atoms with Gasteiger partial charge >= 0.3 is 0 Å². The van der Waals surface area contributed by atoms with Gasteiger partial charge in [-0.15, -0.1) is 0 Å². The summed E-state index contributed by atoms with van der Waals surface area (Å²) in [5.74, 6) is 0.936. The molecule has 1 rings (SSSR count). The van der Waals surface area contributed by atoms with Crippen molar-refractivity contribution in [3.63, 3.8) is 0 Å². The number of rotatable bonds is 6. The zero-order valence-electron chi connectivity index (χ0n) is 10.2. The Hall–Kier alpha value is -0.540. The van der Waals surface area contributed by atoms with Crippen molar-refractivity contribution in [2.45, 2.75) is 39.3 Å². The number of nitrogens with one attached hydrogen (secondary N) is 1. The highest BCUT2D eigenvalue weighted by Crippen LogP contribution is 2.23. The summed E-state index contributed by atoms with van der Waals surface area (Å²) in [4.78, 5) is 0. The van der Waals surface area contributed by atoms with Crippen LogP contribution in [0.2, 0.25) is 0 Å². The van der Waals surface area contributed by atoms with Gasteiger partial charge in [0, 0.05) is 22.6 Å². The predicted molar refractivity (Wildman–Crippen MR) is 71.9 cm³/mol. The van der Waals surface area contributed by atoms with E-state index < -0.39 is 0 Å². The molecule has 0 aliphatic rings. The molecule has 0 fully saturated rings. The fourth-order valence-corrected chi connectivity index (χ4v) is 2.02. The van der Waals surface area contributed by atoms with E-state index in [9.17, 15) is 0 Å². The Morgan fingerprint density at radius 3 is 2.81 bits per heavy atom. The minimum Gasteiger partial charge on any atom is -0.496 e. The largest absolute Gasteiger partial charge is 0.496 e. The van der Waals surface area contributed by atoms with Gasteiger partial charge in [-0.1, -0.05) is 35.3 Å². The summed E-state index contributed by atoms with van der Waals surface area (Å²) in [6.45, 7) is 5.28. The summed E-state index contributed by atoms with van der Waals surface area (Å²) in [5.41, 5.74) is 1.20. The molecule has 0 spiro atoms. The Balaban J connectivity index is 2.59. The zero-order valence-corrected chi connectivity index (χ0v) is 11.8. The van der Waals surface area contributed by atoms with Crippen LogP contribution in [0.3, 0.4) is 0 Å². The van der Waals surface area contributed by atoms with Crippen molar-refractivity contribution >= 4 is 15.9 Å². The molecule has 0 radical (unpaired) electrons. The van der Waals surface area contributed by atoms with E-state index in [4.69, 9.17) is 4.74 Å². The summed E-state index contributed by atoms with van der Waals surface area (Å²) < 4.78 is 6.40. The molecule has 1 aromatic carbocycles. The molecule has 0 saturated carbocycles. The van der Waals surface area contributed by atoms with Crippen LogP contribution < -0.4 is 10.1 Å². The second kappa shape index (κ2) is 6.92. The molecule has 0 saturated heterocycles. The molecule has 0 bridgehead atoms. The minimum absolute atomic E-state index is 0.554. The topological polar surface area (TPSA) is 21.3 Å².